The van der Waals surface area contributed by atoms with Crippen molar-refractivity contribution in [2.24, 2.45) is 0 Å². The van der Waals surface area contributed by atoms with Crippen LogP contribution in [0, 0.1) is 6.92 Å². The van der Waals surface area contributed by atoms with Crippen LogP contribution in [0.25, 0.3) is 10.9 Å². The monoisotopic (exact) mass is 550 g/mol. The van der Waals surface area contributed by atoms with Crippen molar-refractivity contribution < 1.29 is 27.4 Å². The predicted molar refractivity (Wildman–Crippen MR) is 148 cm³/mol. The molecule has 1 N–H and O–H groups in total. The fourth-order valence-corrected chi connectivity index (χ4v) is 6.07. The molecule has 1 aliphatic rings. The standard InChI is InChI=1S/C29H30N2O7S/c1-19-6-4-5-7-20(19)10-11-31(39(33,34)23-8-9-25-28(16-23)38-13-12-37-25)18-22-14-21-15-26(35-2)27(36-3)17-24(21)30-29(22)32/h4-9,14-17H,10-13,18H2,1-3H3,(H,30,32). The topological polar surface area (TPSA) is 107 Å². The minimum absolute atomic E-state index is 0.0696. The van der Waals surface area contributed by atoms with E-state index < -0.39 is 10.0 Å². The summed E-state index contributed by atoms with van der Waals surface area (Å²) in [7, 11) is -0.959. The molecule has 3 aromatic carbocycles. The largest absolute Gasteiger partial charge is 0.493 e. The van der Waals surface area contributed by atoms with Crippen molar-refractivity contribution in [2.45, 2.75) is 24.8 Å². The SMILES string of the molecule is COc1cc2cc(CN(CCc3ccccc3C)S(=O)(=O)c3ccc4c(c3)OCCO4)c(=O)[nH]c2cc1OC. The normalized spacial score (nSPS) is 13.0. The lowest BCUT2D eigenvalue weighted by Crippen LogP contribution is -2.34. The van der Waals surface area contributed by atoms with Crippen molar-refractivity contribution >= 4 is 20.9 Å². The van der Waals surface area contributed by atoms with Crippen LogP contribution in [0.1, 0.15) is 16.7 Å². The van der Waals surface area contributed by atoms with Crippen LogP contribution in [-0.2, 0) is 23.0 Å². The summed E-state index contributed by atoms with van der Waals surface area (Å²) in [5, 5.41) is 0.692. The molecule has 0 bridgehead atoms. The van der Waals surface area contributed by atoms with Crippen molar-refractivity contribution in [3.63, 3.8) is 0 Å². The molecule has 10 heteroatoms. The molecule has 1 aromatic heterocycles. The Bertz CT molecular complexity index is 1680. The number of rotatable bonds is 9. The average Bonchev–Trinajstić information content (AvgIpc) is 2.95. The van der Waals surface area contributed by atoms with Crippen LogP contribution in [0.15, 0.2) is 70.4 Å². The highest BCUT2D eigenvalue weighted by Gasteiger charge is 2.28. The Balaban J connectivity index is 1.54. The first kappa shape index (κ1) is 26.6. The third-order valence-corrected chi connectivity index (χ3v) is 8.66. The van der Waals surface area contributed by atoms with E-state index in [1.54, 1.807) is 24.3 Å². The number of sulfonamides is 1. The van der Waals surface area contributed by atoms with Crippen LogP contribution in [0.5, 0.6) is 23.0 Å². The van der Waals surface area contributed by atoms with Gasteiger partial charge in [0.25, 0.3) is 5.56 Å². The Morgan fingerprint density at radius 3 is 2.36 bits per heavy atom. The van der Waals surface area contributed by atoms with Crippen molar-refractivity contribution in [3.05, 3.63) is 87.7 Å². The third kappa shape index (κ3) is 5.43. The first-order valence-electron chi connectivity index (χ1n) is 12.5. The third-order valence-electron chi connectivity index (χ3n) is 6.82. The van der Waals surface area contributed by atoms with Crippen molar-refractivity contribution in [2.75, 3.05) is 34.0 Å². The second-order valence-electron chi connectivity index (χ2n) is 9.24. The van der Waals surface area contributed by atoms with Crippen LogP contribution < -0.4 is 24.5 Å². The molecule has 0 aliphatic carbocycles. The predicted octanol–water partition coefficient (Wildman–Crippen LogP) is 4.06. The summed E-state index contributed by atoms with van der Waals surface area (Å²) in [5.41, 5.74) is 2.58. The molecule has 0 amide bonds. The van der Waals surface area contributed by atoms with E-state index in [-0.39, 0.29) is 23.5 Å². The molecule has 0 saturated carbocycles. The average molecular weight is 551 g/mol. The fourth-order valence-electron chi connectivity index (χ4n) is 4.64. The van der Waals surface area contributed by atoms with E-state index in [0.29, 0.717) is 59.1 Å². The molecular formula is C29H30N2O7S. The van der Waals surface area contributed by atoms with Crippen molar-refractivity contribution in [1.29, 1.82) is 0 Å². The van der Waals surface area contributed by atoms with E-state index in [2.05, 4.69) is 4.98 Å². The van der Waals surface area contributed by atoms with Gasteiger partial charge in [0.1, 0.15) is 13.2 Å². The highest BCUT2D eigenvalue weighted by molar-refractivity contribution is 7.89. The van der Waals surface area contributed by atoms with Crippen LogP contribution in [-0.4, -0.2) is 51.7 Å². The summed E-state index contributed by atoms with van der Waals surface area (Å²) >= 11 is 0. The summed E-state index contributed by atoms with van der Waals surface area (Å²) < 4.78 is 51.2. The highest BCUT2D eigenvalue weighted by Crippen LogP contribution is 2.34. The first-order chi connectivity index (χ1) is 18.8. The number of ether oxygens (including phenoxy) is 4. The molecule has 9 nitrogen and oxygen atoms in total. The van der Waals surface area contributed by atoms with Crippen LogP contribution in [0.4, 0.5) is 0 Å². The molecule has 1 aliphatic heterocycles. The van der Waals surface area contributed by atoms with Crippen molar-refractivity contribution in [3.8, 4) is 23.0 Å². The Labute approximate surface area is 226 Å². The number of benzene rings is 3. The quantitative estimate of drug-likeness (QED) is 0.335. The molecule has 39 heavy (non-hydrogen) atoms. The maximum Gasteiger partial charge on any atom is 0.252 e. The summed E-state index contributed by atoms with van der Waals surface area (Å²) in [5.74, 6) is 1.87. The molecule has 2 heterocycles. The van der Waals surface area contributed by atoms with Crippen LogP contribution in [0.2, 0.25) is 0 Å². The van der Waals surface area contributed by atoms with Gasteiger partial charge in [-0.3, -0.25) is 4.79 Å². The second kappa shape index (κ2) is 11.0. The molecule has 204 valence electrons. The number of H-pyrrole nitrogens is 1. The Kier molecular flexibility index (Phi) is 7.49. The zero-order valence-corrected chi connectivity index (χ0v) is 22.8. The molecule has 5 rings (SSSR count). The van der Waals surface area contributed by atoms with Gasteiger partial charge in [0, 0.05) is 36.2 Å². The van der Waals surface area contributed by atoms with Gasteiger partial charge >= 0.3 is 0 Å². The van der Waals surface area contributed by atoms with E-state index in [1.807, 2.05) is 31.2 Å². The van der Waals surface area contributed by atoms with E-state index >= 15 is 0 Å². The Morgan fingerprint density at radius 1 is 0.897 bits per heavy atom. The lowest BCUT2D eigenvalue weighted by molar-refractivity contribution is 0.171. The number of aryl methyl sites for hydroxylation is 1. The second-order valence-corrected chi connectivity index (χ2v) is 11.2. The van der Waals surface area contributed by atoms with Gasteiger partial charge in [-0.2, -0.15) is 4.31 Å². The number of aromatic amines is 1. The maximum atomic E-state index is 14.0. The number of hydrogen-bond donors (Lipinski definition) is 1. The summed E-state index contributed by atoms with van der Waals surface area (Å²) in [6, 6.07) is 17.6. The number of hydrogen-bond acceptors (Lipinski definition) is 7. The minimum atomic E-state index is -4.01. The highest BCUT2D eigenvalue weighted by atomic mass is 32.2. The Hall–Kier alpha value is -4.02. The molecular weight excluding hydrogens is 520 g/mol. The number of nitrogens with zero attached hydrogens (tertiary/aromatic N) is 1. The van der Waals surface area contributed by atoms with Gasteiger partial charge in [-0.1, -0.05) is 24.3 Å². The van der Waals surface area contributed by atoms with Gasteiger partial charge in [-0.05, 0) is 48.7 Å². The molecule has 0 unspecified atom stereocenters. The van der Waals surface area contributed by atoms with Gasteiger partial charge in [-0.15, -0.1) is 0 Å². The van der Waals surface area contributed by atoms with E-state index in [1.165, 1.54) is 30.7 Å². The molecule has 0 spiro atoms. The summed E-state index contributed by atoms with van der Waals surface area (Å²) in [6.45, 7) is 2.79. The number of fused-ring (bicyclic) bond motifs is 2. The molecule has 0 radical (unpaired) electrons. The van der Waals surface area contributed by atoms with Gasteiger partial charge in [0.15, 0.2) is 23.0 Å². The van der Waals surface area contributed by atoms with Gasteiger partial charge in [0.05, 0.1) is 24.6 Å². The smallest absolute Gasteiger partial charge is 0.252 e. The van der Waals surface area contributed by atoms with Crippen LogP contribution >= 0.6 is 0 Å². The number of methoxy groups -OCH3 is 2. The number of nitrogens with one attached hydrogen (secondary N) is 1. The molecule has 0 fully saturated rings. The molecule has 0 saturated heterocycles. The zero-order chi connectivity index (χ0) is 27.6. The first-order valence-corrected chi connectivity index (χ1v) is 14.0. The summed E-state index contributed by atoms with van der Waals surface area (Å²) in [6.07, 6.45) is 0.479. The van der Waals surface area contributed by atoms with E-state index in [4.69, 9.17) is 18.9 Å². The van der Waals surface area contributed by atoms with Gasteiger partial charge in [0.2, 0.25) is 10.0 Å². The number of aromatic nitrogens is 1. The van der Waals surface area contributed by atoms with Gasteiger partial charge in [-0.25, -0.2) is 8.42 Å². The zero-order valence-electron chi connectivity index (χ0n) is 22.0. The lowest BCUT2D eigenvalue weighted by atomic mass is 10.1. The number of pyridine rings is 1. The summed E-state index contributed by atoms with van der Waals surface area (Å²) in [4.78, 5) is 16.0. The van der Waals surface area contributed by atoms with E-state index in [9.17, 15) is 13.2 Å². The Morgan fingerprint density at radius 2 is 1.62 bits per heavy atom. The lowest BCUT2D eigenvalue weighted by Gasteiger charge is -2.24. The minimum Gasteiger partial charge on any atom is -0.493 e. The molecule has 0 atom stereocenters. The van der Waals surface area contributed by atoms with Crippen LogP contribution in [0.3, 0.4) is 0 Å². The molecule has 4 aromatic rings. The maximum absolute atomic E-state index is 14.0. The van der Waals surface area contributed by atoms with Gasteiger partial charge < -0.3 is 23.9 Å². The van der Waals surface area contributed by atoms with Crippen molar-refractivity contribution in [1.82, 2.24) is 9.29 Å². The fraction of sp³-hybridized carbons (Fsp3) is 0.276. The van der Waals surface area contributed by atoms with E-state index in [0.717, 1.165) is 11.1 Å².